The largest absolute Gasteiger partial charge is 0.359 e. The van der Waals surface area contributed by atoms with Gasteiger partial charge < -0.3 is 14.8 Å². The summed E-state index contributed by atoms with van der Waals surface area (Å²) in [5.74, 6) is 0.741. The van der Waals surface area contributed by atoms with Gasteiger partial charge in [-0.2, -0.15) is 0 Å². The van der Waals surface area contributed by atoms with Crippen LogP contribution in [-0.2, 0) is 6.54 Å². The number of nitrogens with zero attached hydrogens (tertiary/aromatic N) is 3. The number of aromatic nitrogens is 3. The average Bonchev–Trinajstić information content (AvgIpc) is 2.97. The topological polar surface area (TPSA) is 69.9 Å². The Morgan fingerprint density at radius 1 is 1.47 bits per heavy atom. The summed E-state index contributed by atoms with van der Waals surface area (Å²) in [4.78, 5) is 4.11. The van der Waals surface area contributed by atoms with Gasteiger partial charge >= 0.3 is 0 Å². The van der Waals surface area contributed by atoms with Crippen LogP contribution in [0.15, 0.2) is 23.1 Å². The van der Waals surface area contributed by atoms with Gasteiger partial charge in [0.15, 0.2) is 5.76 Å². The molecule has 0 bridgehead atoms. The Morgan fingerprint density at radius 2 is 2.29 bits per heavy atom. The number of aryl methyl sites for hydroxylation is 1. The number of hydrogen-bond donors (Lipinski definition) is 1. The van der Waals surface area contributed by atoms with Crippen molar-refractivity contribution in [1.29, 1.82) is 0 Å². The zero-order chi connectivity index (χ0) is 12.3. The summed E-state index contributed by atoms with van der Waals surface area (Å²) in [7, 11) is 0. The molecule has 0 spiro atoms. The monoisotopic (exact) mass is 234 g/mol. The van der Waals surface area contributed by atoms with Gasteiger partial charge in [-0.15, -0.1) is 0 Å². The molecule has 2 rings (SSSR count). The molecule has 2 heterocycles. The first kappa shape index (κ1) is 11.9. The summed E-state index contributed by atoms with van der Waals surface area (Å²) in [6.45, 7) is 5.02. The number of nitrogens with two attached hydrogens (primary N) is 1. The molecule has 0 saturated carbocycles. The van der Waals surface area contributed by atoms with Crippen LogP contribution in [0.2, 0.25) is 0 Å². The van der Waals surface area contributed by atoms with Crippen LogP contribution in [0.4, 0.5) is 0 Å². The maximum absolute atomic E-state index is 5.99. The fourth-order valence-corrected chi connectivity index (χ4v) is 1.82. The molecule has 0 radical (unpaired) electrons. The first-order valence-electron chi connectivity index (χ1n) is 5.99. The van der Waals surface area contributed by atoms with Crippen molar-refractivity contribution in [2.75, 3.05) is 0 Å². The highest BCUT2D eigenvalue weighted by Gasteiger charge is 2.14. The molecule has 2 N–H and O–H groups in total. The number of rotatable bonds is 5. The maximum Gasteiger partial charge on any atom is 0.154 e. The van der Waals surface area contributed by atoms with Crippen LogP contribution < -0.4 is 5.73 Å². The molecule has 17 heavy (non-hydrogen) atoms. The Hall–Kier alpha value is -1.62. The minimum Gasteiger partial charge on any atom is -0.359 e. The van der Waals surface area contributed by atoms with E-state index < -0.39 is 0 Å². The summed E-state index contributed by atoms with van der Waals surface area (Å²) >= 11 is 0. The average molecular weight is 234 g/mol. The van der Waals surface area contributed by atoms with E-state index in [2.05, 4.69) is 24.0 Å². The molecule has 0 amide bonds. The lowest BCUT2D eigenvalue weighted by molar-refractivity contribution is 0.356. The van der Waals surface area contributed by atoms with Crippen molar-refractivity contribution in [3.05, 3.63) is 24.4 Å². The van der Waals surface area contributed by atoms with Crippen molar-refractivity contribution in [1.82, 2.24) is 14.7 Å². The molecule has 5 nitrogen and oxygen atoms in total. The van der Waals surface area contributed by atoms with Crippen LogP contribution in [0, 0.1) is 0 Å². The van der Waals surface area contributed by atoms with E-state index in [4.69, 9.17) is 10.3 Å². The van der Waals surface area contributed by atoms with Gasteiger partial charge in [0.2, 0.25) is 0 Å². The maximum atomic E-state index is 5.99. The third-order valence-corrected chi connectivity index (χ3v) is 2.81. The van der Waals surface area contributed by atoms with Crippen LogP contribution in [0.1, 0.15) is 38.5 Å². The van der Waals surface area contributed by atoms with E-state index in [0.29, 0.717) is 0 Å². The van der Waals surface area contributed by atoms with Crippen LogP contribution in [0.5, 0.6) is 0 Å². The van der Waals surface area contributed by atoms with Gasteiger partial charge in [0.05, 0.1) is 24.3 Å². The molecular formula is C12H18N4O. The van der Waals surface area contributed by atoms with Crippen molar-refractivity contribution in [2.24, 2.45) is 5.73 Å². The van der Waals surface area contributed by atoms with E-state index in [0.717, 1.165) is 36.5 Å². The lowest BCUT2D eigenvalue weighted by Crippen LogP contribution is -2.08. The van der Waals surface area contributed by atoms with Crippen molar-refractivity contribution >= 4 is 0 Å². The van der Waals surface area contributed by atoms with E-state index in [1.807, 2.05) is 10.6 Å². The Morgan fingerprint density at radius 3 is 3.00 bits per heavy atom. The molecule has 0 aromatic carbocycles. The zero-order valence-electron chi connectivity index (χ0n) is 10.3. The third-order valence-electron chi connectivity index (χ3n) is 2.81. The molecule has 5 heteroatoms. The fraction of sp³-hybridized carbons (Fsp3) is 0.500. The zero-order valence-corrected chi connectivity index (χ0v) is 10.3. The van der Waals surface area contributed by atoms with Crippen LogP contribution in [0.25, 0.3) is 11.4 Å². The van der Waals surface area contributed by atoms with E-state index in [1.165, 1.54) is 0 Å². The van der Waals surface area contributed by atoms with Gasteiger partial charge in [-0.1, -0.05) is 18.5 Å². The van der Waals surface area contributed by atoms with Crippen molar-refractivity contribution < 1.29 is 4.52 Å². The molecule has 92 valence electrons. The summed E-state index contributed by atoms with van der Waals surface area (Å²) < 4.78 is 7.31. The molecule has 1 atom stereocenters. The SMILES string of the molecule is CCCC(N)c1cc(-c2cncn2CC)no1. The quantitative estimate of drug-likeness (QED) is 0.862. The van der Waals surface area contributed by atoms with E-state index in [9.17, 15) is 0 Å². The predicted octanol–water partition coefficient (Wildman–Crippen LogP) is 2.36. The predicted molar refractivity (Wildman–Crippen MR) is 65.2 cm³/mol. The van der Waals surface area contributed by atoms with Crippen molar-refractivity contribution in [2.45, 2.75) is 39.3 Å². The fourth-order valence-electron chi connectivity index (χ4n) is 1.82. The second kappa shape index (κ2) is 5.14. The summed E-state index contributed by atoms with van der Waals surface area (Å²) in [5, 5.41) is 4.05. The molecule has 0 aliphatic rings. The minimum absolute atomic E-state index is 0.0701. The van der Waals surface area contributed by atoms with Crippen molar-refractivity contribution in [3.63, 3.8) is 0 Å². The Labute approximate surface area is 101 Å². The smallest absolute Gasteiger partial charge is 0.154 e. The van der Waals surface area contributed by atoms with Gasteiger partial charge in [0.1, 0.15) is 5.69 Å². The van der Waals surface area contributed by atoms with Crippen LogP contribution in [0.3, 0.4) is 0 Å². The first-order chi connectivity index (χ1) is 8.26. The molecule has 1 unspecified atom stereocenters. The van der Waals surface area contributed by atoms with Crippen molar-refractivity contribution in [3.8, 4) is 11.4 Å². The lowest BCUT2D eigenvalue weighted by Gasteiger charge is -2.03. The highest BCUT2D eigenvalue weighted by molar-refractivity contribution is 5.53. The molecular weight excluding hydrogens is 216 g/mol. The van der Waals surface area contributed by atoms with Gasteiger partial charge in [0, 0.05) is 12.6 Å². The normalized spacial score (nSPS) is 12.9. The Balaban J connectivity index is 2.23. The van der Waals surface area contributed by atoms with Gasteiger partial charge in [-0.25, -0.2) is 4.98 Å². The van der Waals surface area contributed by atoms with Gasteiger partial charge in [-0.3, -0.25) is 0 Å². The highest BCUT2D eigenvalue weighted by Crippen LogP contribution is 2.23. The summed E-state index contributed by atoms with van der Waals surface area (Å²) in [5.41, 5.74) is 7.75. The Kier molecular flexibility index (Phi) is 3.58. The molecule has 0 aliphatic carbocycles. The highest BCUT2D eigenvalue weighted by atomic mass is 16.5. The van der Waals surface area contributed by atoms with Crippen LogP contribution >= 0.6 is 0 Å². The van der Waals surface area contributed by atoms with Gasteiger partial charge in [-0.05, 0) is 13.3 Å². The second-order valence-electron chi connectivity index (χ2n) is 4.07. The lowest BCUT2D eigenvalue weighted by atomic mass is 10.1. The standard InChI is InChI=1S/C12H18N4O/c1-3-5-9(13)12-6-10(15-17-12)11-7-14-8-16(11)4-2/h6-9H,3-5,13H2,1-2H3. The molecule has 2 aromatic heterocycles. The molecule has 0 fully saturated rings. The third kappa shape index (κ3) is 2.39. The number of hydrogen-bond acceptors (Lipinski definition) is 4. The second-order valence-corrected chi connectivity index (χ2v) is 4.07. The first-order valence-corrected chi connectivity index (χ1v) is 5.99. The molecule has 0 aliphatic heterocycles. The van der Waals surface area contributed by atoms with E-state index in [1.54, 1.807) is 12.5 Å². The van der Waals surface area contributed by atoms with E-state index >= 15 is 0 Å². The summed E-state index contributed by atoms with van der Waals surface area (Å²) in [6, 6.07) is 1.84. The summed E-state index contributed by atoms with van der Waals surface area (Å²) in [6.07, 6.45) is 5.51. The minimum atomic E-state index is -0.0701. The van der Waals surface area contributed by atoms with Gasteiger partial charge in [0.25, 0.3) is 0 Å². The van der Waals surface area contributed by atoms with Crippen LogP contribution in [-0.4, -0.2) is 14.7 Å². The number of imidazole rings is 1. The molecule has 2 aromatic rings. The Bertz CT molecular complexity index is 474. The van der Waals surface area contributed by atoms with E-state index in [-0.39, 0.29) is 6.04 Å². The molecule has 0 saturated heterocycles.